The van der Waals surface area contributed by atoms with Crippen LogP contribution in [0.1, 0.15) is 69.8 Å². The van der Waals surface area contributed by atoms with Crippen molar-refractivity contribution < 1.29 is 28.5 Å². The number of ether oxygens (including phenoxy) is 3. The number of carboxylic acid groups (broad SMARTS) is 1. The molecule has 5 nitrogen and oxygen atoms in total. The Hall–Kier alpha value is -1.53. The van der Waals surface area contributed by atoms with Crippen molar-refractivity contribution in [2.45, 2.75) is 76.3 Å². The van der Waals surface area contributed by atoms with Crippen LogP contribution in [0.25, 0.3) is 0 Å². The van der Waals surface area contributed by atoms with E-state index in [0.717, 1.165) is 64.2 Å². The molecule has 1 atom stereocenters. The van der Waals surface area contributed by atoms with Crippen LogP contribution in [-0.4, -0.2) is 17.7 Å². The Balaban J connectivity index is 1.87. The normalized spacial score (nSPS) is 25.6. The first-order chi connectivity index (χ1) is 13.5. The minimum atomic E-state index is -1.48. The highest BCUT2D eigenvalue weighted by Gasteiger charge is 2.56. The highest BCUT2D eigenvalue weighted by molar-refractivity contribution is 6.30. The standard InChI is InChI=1S/C21H26ClFO5/c22-15-11-12-16-17(18(15)23)21(13-7-3-1-4-8-13,14-9-5-2-6-10-14)28-20(26-16)27-19(24)25/h11-14,20H,1-10H2,(H,24,25). The van der Waals surface area contributed by atoms with Crippen molar-refractivity contribution in [1.29, 1.82) is 0 Å². The van der Waals surface area contributed by atoms with Gasteiger partial charge in [-0.1, -0.05) is 50.1 Å². The number of hydrogen-bond acceptors (Lipinski definition) is 4. The Morgan fingerprint density at radius 3 is 2.18 bits per heavy atom. The number of carbonyl (C=O) groups is 1. The van der Waals surface area contributed by atoms with Crippen LogP contribution in [0.15, 0.2) is 12.1 Å². The van der Waals surface area contributed by atoms with Crippen LogP contribution in [0.2, 0.25) is 5.02 Å². The van der Waals surface area contributed by atoms with E-state index in [-0.39, 0.29) is 22.6 Å². The Labute approximate surface area is 169 Å². The first-order valence-corrected chi connectivity index (χ1v) is 10.6. The van der Waals surface area contributed by atoms with Gasteiger partial charge in [-0.3, -0.25) is 4.74 Å². The van der Waals surface area contributed by atoms with Crippen molar-refractivity contribution in [2.75, 3.05) is 0 Å². The van der Waals surface area contributed by atoms with E-state index in [1.165, 1.54) is 6.07 Å². The Kier molecular flexibility index (Phi) is 5.70. The second-order valence-corrected chi connectivity index (χ2v) is 8.51. The van der Waals surface area contributed by atoms with E-state index >= 15 is 4.39 Å². The lowest BCUT2D eigenvalue weighted by Gasteiger charge is -2.52. The molecule has 0 radical (unpaired) electrons. The van der Waals surface area contributed by atoms with Crippen LogP contribution in [0.4, 0.5) is 9.18 Å². The molecule has 1 aromatic rings. The zero-order valence-electron chi connectivity index (χ0n) is 15.8. The van der Waals surface area contributed by atoms with Gasteiger partial charge in [-0.15, -0.1) is 0 Å². The fraction of sp³-hybridized carbons (Fsp3) is 0.667. The summed E-state index contributed by atoms with van der Waals surface area (Å²) in [5, 5.41) is 9.15. The zero-order chi connectivity index (χ0) is 19.7. The first-order valence-electron chi connectivity index (χ1n) is 10.2. The van der Waals surface area contributed by atoms with Crippen molar-refractivity contribution in [3.8, 4) is 5.75 Å². The monoisotopic (exact) mass is 412 g/mol. The summed E-state index contributed by atoms with van der Waals surface area (Å²) in [5.41, 5.74) is -0.632. The summed E-state index contributed by atoms with van der Waals surface area (Å²) in [6.45, 7) is -1.41. The quantitative estimate of drug-likeness (QED) is 0.597. The molecule has 1 aromatic carbocycles. The molecule has 4 rings (SSSR count). The summed E-state index contributed by atoms with van der Waals surface area (Å²) >= 11 is 6.16. The van der Waals surface area contributed by atoms with E-state index in [2.05, 4.69) is 0 Å². The molecule has 2 saturated carbocycles. The molecule has 0 bridgehead atoms. The number of rotatable bonds is 3. The third-order valence-corrected chi connectivity index (χ3v) is 6.87. The highest BCUT2D eigenvalue weighted by Crippen LogP contribution is 2.57. The second kappa shape index (κ2) is 8.07. The van der Waals surface area contributed by atoms with E-state index in [1.54, 1.807) is 6.07 Å². The molecule has 28 heavy (non-hydrogen) atoms. The van der Waals surface area contributed by atoms with Crippen LogP contribution in [0.5, 0.6) is 5.75 Å². The maximum absolute atomic E-state index is 15.4. The summed E-state index contributed by atoms with van der Waals surface area (Å²) in [5.74, 6) is -0.112. The summed E-state index contributed by atoms with van der Waals surface area (Å²) in [7, 11) is 0. The van der Waals surface area contributed by atoms with E-state index in [1.807, 2.05) is 0 Å². The minimum Gasteiger partial charge on any atom is -0.450 e. The SMILES string of the molecule is O=C(O)OC1Oc2ccc(Cl)c(F)c2C(C2CCCCC2)(C2CCCCC2)O1. The largest absolute Gasteiger partial charge is 0.510 e. The van der Waals surface area contributed by atoms with Crippen LogP contribution in [0.3, 0.4) is 0 Å². The van der Waals surface area contributed by atoms with Gasteiger partial charge in [-0.25, -0.2) is 9.18 Å². The van der Waals surface area contributed by atoms with Gasteiger partial charge < -0.3 is 14.6 Å². The lowest BCUT2D eigenvalue weighted by molar-refractivity contribution is -0.325. The van der Waals surface area contributed by atoms with Gasteiger partial charge in [-0.05, 0) is 49.7 Å². The Morgan fingerprint density at radius 2 is 1.64 bits per heavy atom. The van der Waals surface area contributed by atoms with E-state index in [9.17, 15) is 4.79 Å². The van der Waals surface area contributed by atoms with E-state index in [0.29, 0.717) is 5.56 Å². The predicted molar refractivity (Wildman–Crippen MR) is 101 cm³/mol. The number of halogens is 2. The molecule has 0 spiro atoms. The third kappa shape index (κ3) is 3.45. The van der Waals surface area contributed by atoms with Gasteiger partial charge in [0.15, 0.2) is 5.82 Å². The van der Waals surface area contributed by atoms with Gasteiger partial charge in [-0.2, -0.15) is 0 Å². The average molecular weight is 413 g/mol. The Morgan fingerprint density at radius 1 is 1.07 bits per heavy atom. The van der Waals surface area contributed by atoms with Crippen LogP contribution < -0.4 is 4.74 Å². The van der Waals surface area contributed by atoms with Crippen molar-refractivity contribution in [3.63, 3.8) is 0 Å². The fourth-order valence-corrected chi connectivity index (χ4v) is 5.63. The molecule has 3 aliphatic rings. The minimum absolute atomic E-state index is 0.0274. The molecular weight excluding hydrogens is 387 g/mol. The number of hydrogen-bond donors (Lipinski definition) is 1. The second-order valence-electron chi connectivity index (χ2n) is 8.11. The van der Waals surface area contributed by atoms with Gasteiger partial charge in [0.2, 0.25) is 0 Å². The van der Waals surface area contributed by atoms with Crippen molar-refractivity contribution in [2.24, 2.45) is 11.8 Å². The number of benzene rings is 1. The van der Waals surface area contributed by atoms with Crippen LogP contribution >= 0.6 is 11.6 Å². The van der Waals surface area contributed by atoms with Gasteiger partial charge in [0.05, 0.1) is 10.6 Å². The van der Waals surface area contributed by atoms with E-state index in [4.69, 9.17) is 30.9 Å². The van der Waals surface area contributed by atoms with E-state index < -0.39 is 24.0 Å². The fourth-order valence-electron chi connectivity index (χ4n) is 5.47. The summed E-state index contributed by atoms with van der Waals surface area (Å²) in [6.07, 6.45) is 8.62. The van der Waals surface area contributed by atoms with Crippen LogP contribution in [0, 0.1) is 17.7 Å². The predicted octanol–water partition coefficient (Wildman–Crippen LogP) is 6.22. The highest BCUT2D eigenvalue weighted by atomic mass is 35.5. The molecule has 2 fully saturated rings. The molecule has 2 aliphatic carbocycles. The maximum Gasteiger partial charge on any atom is 0.510 e. The molecule has 1 unspecified atom stereocenters. The van der Waals surface area contributed by atoms with Gasteiger partial charge in [0.25, 0.3) is 0 Å². The molecule has 0 saturated heterocycles. The Bertz CT molecular complexity index is 710. The lowest BCUT2D eigenvalue weighted by atomic mass is 9.63. The lowest BCUT2D eigenvalue weighted by Crippen LogP contribution is -2.53. The maximum atomic E-state index is 15.4. The first kappa shape index (κ1) is 19.8. The molecular formula is C21H26ClFO5. The van der Waals surface area contributed by atoms with Gasteiger partial charge in [0, 0.05) is 0 Å². The topological polar surface area (TPSA) is 65.0 Å². The van der Waals surface area contributed by atoms with Crippen molar-refractivity contribution in [3.05, 3.63) is 28.5 Å². The molecule has 1 heterocycles. The smallest absolute Gasteiger partial charge is 0.450 e. The molecule has 1 aliphatic heterocycles. The summed E-state index contributed by atoms with van der Waals surface area (Å²) in [4.78, 5) is 11.2. The van der Waals surface area contributed by atoms with Crippen LogP contribution in [-0.2, 0) is 15.1 Å². The molecule has 154 valence electrons. The average Bonchev–Trinajstić information content (AvgIpc) is 2.71. The van der Waals surface area contributed by atoms with Crippen molar-refractivity contribution >= 4 is 17.8 Å². The van der Waals surface area contributed by atoms with Gasteiger partial charge >= 0.3 is 12.6 Å². The number of fused-ring (bicyclic) bond motifs is 1. The molecule has 0 aromatic heterocycles. The van der Waals surface area contributed by atoms with Crippen molar-refractivity contribution in [1.82, 2.24) is 0 Å². The molecule has 1 N–H and O–H groups in total. The molecule has 7 heteroatoms. The summed E-state index contributed by atoms with van der Waals surface area (Å²) in [6, 6.07) is 3.03. The third-order valence-electron chi connectivity index (χ3n) is 6.58. The molecule has 0 amide bonds. The summed E-state index contributed by atoms with van der Waals surface area (Å²) < 4.78 is 32.2. The van der Waals surface area contributed by atoms with Gasteiger partial charge in [0.1, 0.15) is 11.4 Å². The zero-order valence-corrected chi connectivity index (χ0v) is 16.5.